The summed E-state index contributed by atoms with van der Waals surface area (Å²) in [5, 5.41) is 1.28. The van der Waals surface area contributed by atoms with Crippen LogP contribution in [0.5, 0.6) is 0 Å². The van der Waals surface area contributed by atoms with Crippen molar-refractivity contribution in [1.29, 1.82) is 0 Å². The molecule has 0 aromatic rings. The predicted octanol–water partition coefficient (Wildman–Crippen LogP) is 1.35. The van der Waals surface area contributed by atoms with Crippen molar-refractivity contribution in [2.24, 2.45) is 21.7 Å². The van der Waals surface area contributed by atoms with Gasteiger partial charge in [0.25, 0.3) is 0 Å². The molecular formula is C6H10Cl2N4. The van der Waals surface area contributed by atoms with E-state index in [1.807, 2.05) is 13.8 Å². The number of nitrogens with two attached hydrogens (primary N) is 1. The van der Waals surface area contributed by atoms with Crippen LogP contribution in [0, 0.1) is 5.92 Å². The highest BCUT2D eigenvalue weighted by molar-refractivity contribution is 6.65. The van der Waals surface area contributed by atoms with Crippen molar-refractivity contribution < 1.29 is 0 Å². The molecule has 0 saturated heterocycles. The zero-order chi connectivity index (χ0) is 9.30. The second-order valence-corrected chi connectivity index (χ2v) is 3.47. The van der Waals surface area contributed by atoms with Crippen molar-refractivity contribution in [2.75, 3.05) is 0 Å². The van der Waals surface area contributed by atoms with Crippen LogP contribution in [0.3, 0.4) is 0 Å². The van der Waals surface area contributed by atoms with Crippen molar-refractivity contribution in [3.8, 4) is 0 Å². The Hall–Kier alpha value is -0.320. The van der Waals surface area contributed by atoms with Crippen LogP contribution in [0.1, 0.15) is 13.8 Å². The van der Waals surface area contributed by atoms with Crippen LogP contribution in [-0.2, 0) is 0 Å². The molecule has 1 aliphatic heterocycles. The first-order valence-electron chi connectivity index (χ1n) is 3.52. The van der Waals surface area contributed by atoms with Crippen molar-refractivity contribution in [2.45, 2.75) is 19.5 Å². The molecule has 1 atom stereocenters. The lowest BCUT2D eigenvalue weighted by molar-refractivity contribution is 0.415. The summed E-state index contributed by atoms with van der Waals surface area (Å²) in [5.41, 5.74) is -0.646. The first-order valence-corrected chi connectivity index (χ1v) is 4.33. The summed E-state index contributed by atoms with van der Waals surface area (Å²) in [7, 11) is 0. The van der Waals surface area contributed by atoms with E-state index in [2.05, 4.69) is 9.98 Å². The fraction of sp³-hybridized carbons (Fsp3) is 0.667. The first-order chi connectivity index (χ1) is 5.52. The highest BCUT2D eigenvalue weighted by Crippen LogP contribution is 2.14. The molecule has 4 nitrogen and oxygen atoms in total. The summed E-state index contributed by atoms with van der Waals surface area (Å²) < 4.78 is 0. The Morgan fingerprint density at radius 1 is 1.58 bits per heavy atom. The summed E-state index contributed by atoms with van der Waals surface area (Å²) in [6.07, 6.45) is 0. The van der Waals surface area contributed by atoms with Gasteiger partial charge in [-0.2, -0.15) is 0 Å². The maximum Gasteiger partial charge on any atom is 0.217 e. The van der Waals surface area contributed by atoms with Gasteiger partial charge < -0.3 is 0 Å². The van der Waals surface area contributed by atoms with Crippen LogP contribution in [0.15, 0.2) is 9.98 Å². The molecule has 1 unspecified atom stereocenters. The van der Waals surface area contributed by atoms with E-state index in [-0.39, 0.29) is 11.2 Å². The van der Waals surface area contributed by atoms with E-state index in [1.54, 1.807) is 0 Å². The minimum atomic E-state index is -0.646. The lowest BCUT2D eigenvalue weighted by atomic mass is 10.2. The Morgan fingerprint density at radius 2 is 2.17 bits per heavy atom. The lowest BCUT2D eigenvalue weighted by Crippen LogP contribution is -2.43. The summed E-state index contributed by atoms with van der Waals surface area (Å²) >= 11 is 11.4. The van der Waals surface area contributed by atoms with Crippen LogP contribution >= 0.6 is 23.2 Å². The molecule has 2 N–H and O–H groups in total. The highest BCUT2D eigenvalue weighted by Gasteiger charge is 2.21. The van der Waals surface area contributed by atoms with Crippen LogP contribution in [0.4, 0.5) is 0 Å². The van der Waals surface area contributed by atoms with Gasteiger partial charge in [-0.15, -0.1) is 0 Å². The maximum atomic E-state index is 5.75. The average molecular weight is 209 g/mol. The molecule has 0 spiro atoms. The number of nitrogens with zero attached hydrogens (tertiary/aromatic N) is 3. The fourth-order valence-corrected chi connectivity index (χ4v) is 1.14. The van der Waals surface area contributed by atoms with Gasteiger partial charge in [-0.3, -0.25) is 0 Å². The smallest absolute Gasteiger partial charge is 0.217 e. The molecule has 6 heteroatoms. The Balaban J connectivity index is 2.87. The van der Waals surface area contributed by atoms with Gasteiger partial charge in [-0.25, -0.2) is 20.8 Å². The first kappa shape index (κ1) is 9.77. The minimum absolute atomic E-state index is 0.175. The number of amidine groups is 2. The Bertz CT molecular complexity index is 236. The maximum absolute atomic E-state index is 5.75. The topological polar surface area (TPSA) is 54.0 Å². The van der Waals surface area contributed by atoms with Crippen LogP contribution in [-0.4, -0.2) is 21.8 Å². The molecule has 0 saturated carbocycles. The zero-order valence-corrected chi connectivity index (χ0v) is 8.34. The molecule has 0 amide bonds. The van der Waals surface area contributed by atoms with E-state index in [0.717, 1.165) is 5.01 Å². The molecule has 0 radical (unpaired) electrons. The van der Waals surface area contributed by atoms with Gasteiger partial charge in [0, 0.05) is 5.92 Å². The highest BCUT2D eigenvalue weighted by atomic mass is 35.5. The van der Waals surface area contributed by atoms with Crippen molar-refractivity contribution >= 4 is 34.3 Å². The van der Waals surface area contributed by atoms with Crippen LogP contribution < -0.4 is 5.84 Å². The predicted molar refractivity (Wildman–Crippen MR) is 51.2 cm³/mol. The average Bonchev–Trinajstić information content (AvgIpc) is 1.99. The number of halogens is 2. The number of hydrogen-bond donors (Lipinski definition) is 1. The standard InChI is InChI=1S/C6H10Cl2N4/c1-3(2)4-10-5(7)12(9)6(8)11-4/h3,5H,9H2,1-2H3. The van der Waals surface area contributed by atoms with Crippen LogP contribution in [0.25, 0.3) is 0 Å². The van der Waals surface area contributed by atoms with Gasteiger partial charge in [0.1, 0.15) is 5.84 Å². The number of hydrogen-bond acceptors (Lipinski definition) is 4. The van der Waals surface area contributed by atoms with Gasteiger partial charge in [-0.05, 0) is 11.6 Å². The van der Waals surface area contributed by atoms with E-state index < -0.39 is 5.62 Å². The quantitative estimate of drug-likeness (QED) is 0.402. The number of alkyl halides is 1. The molecule has 1 heterocycles. The zero-order valence-electron chi connectivity index (χ0n) is 6.83. The van der Waals surface area contributed by atoms with Gasteiger partial charge in [0.15, 0.2) is 0 Å². The van der Waals surface area contributed by atoms with Crippen molar-refractivity contribution in [3.05, 3.63) is 0 Å². The normalized spacial score (nSPS) is 24.2. The summed E-state index contributed by atoms with van der Waals surface area (Å²) in [5.74, 6) is 6.24. The van der Waals surface area contributed by atoms with Gasteiger partial charge in [0.05, 0.1) is 0 Å². The van der Waals surface area contributed by atoms with E-state index in [1.165, 1.54) is 0 Å². The summed E-state index contributed by atoms with van der Waals surface area (Å²) in [6.45, 7) is 3.92. The van der Waals surface area contributed by atoms with Crippen molar-refractivity contribution in [3.63, 3.8) is 0 Å². The van der Waals surface area contributed by atoms with Gasteiger partial charge in [-0.1, -0.05) is 25.4 Å². The number of rotatable bonds is 1. The van der Waals surface area contributed by atoms with E-state index in [0.29, 0.717) is 5.84 Å². The lowest BCUT2D eigenvalue weighted by Gasteiger charge is -2.24. The molecule has 12 heavy (non-hydrogen) atoms. The molecule has 0 aliphatic carbocycles. The number of aliphatic imine (C=N–C) groups is 2. The summed E-state index contributed by atoms with van der Waals surface area (Å²) in [4.78, 5) is 7.99. The molecular weight excluding hydrogens is 199 g/mol. The van der Waals surface area contributed by atoms with Gasteiger partial charge >= 0.3 is 0 Å². The third-order valence-corrected chi connectivity index (χ3v) is 1.99. The second-order valence-electron chi connectivity index (χ2n) is 2.74. The molecule has 68 valence electrons. The van der Waals surface area contributed by atoms with Gasteiger partial charge in [0.2, 0.25) is 10.9 Å². The van der Waals surface area contributed by atoms with E-state index in [4.69, 9.17) is 29.0 Å². The van der Waals surface area contributed by atoms with E-state index >= 15 is 0 Å². The van der Waals surface area contributed by atoms with Crippen molar-refractivity contribution in [1.82, 2.24) is 5.01 Å². The Labute approximate surface area is 81.0 Å². The SMILES string of the molecule is CC(C)C1=NC(Cl)N(N)C(Cl)=N1. The van der Waals surface area contributed by atoms with Crippen LogP contribution in [0.2, 0.25) is 0 Å². The third-order valence-electron chi connectivity index (χ3n) is 1.40. The molecule has 1 rings (SSSR count). The molecule has 0 aromatic heterocycles. The molecule has 1 aliphatic rings. The number of hydrazine groups is 1. The van der Waals surface area contributed by atoms with E-state index in [9.17, 15) is 0 Å². The molecule has 0 fully saturated rings. The Morgan fingerprint density at radius 3 is 2.58 bits per heavy atom. The minimum Gasteiger partial charge on any atom is -0.246 e. The third kappa shape index (κ3) is 1.88. The molecule has 0 aromatic carbocycles. The summed E-state index contributed by atoms with van der Waals surface area (Å²) in [6, 6.07) is 0. The monoisotopic (exact) mass is 208 g/mol. The second kappa shape index (κ2) is 3.60. The molecule has 0 bridgehead atoms. The Kier molecular flexibility index (Phi) is 2.93. The largest absolute Gasteiger partial charge is 0.246 e. The fourth-order valence-electron chi connectivity index (χ4n) is 0.719.